The Labute approximate surface area is 223 Å². The lowest BCUT2D eigenvalue weighted by atomic mass is 9.99. The van der Waals surface area contributed by atoms with Gasteiger partial charge < -0.3 is 25.0 Å². The van der Waals surface area contributed by atoms with Crippen molar-refractivity contribution in [3.05, 3.63) is 71.2 Å². The largest absolute Gasteiger partial charge is 0.489 e. The molecule has 1 saturated carbocycles. The number of fused-ring (bicyclic) bond motifs is 1. The molecule has 1 aliphatic carbocycles. The highest BCUT2D eigenvalue weighted by atomic mass is 35.5. The second-order valence-electron chi connectivity index (χ2n) is 10.7. The van der Waals surface area contributed by atoms with E-state index in [0.717, 1.165) is 51.0 Å². The van der Waals surface area contributed by atoms with Crippen molar-refractivity contribution in [2.45, 2.75) is 43.9 Å². The Morgan fingerprint density at radius 3 is 2.57 bits per heavy atom. The van der Waals surface area contributed by atoms with E-state index in [1.54, 1.807) is 6.07 Å². The summed E-state index contributed by atoms with van der Waals surface area (Å²) in [5, 5.41) is 17.5. The van der Waals surface area contributed by atoms with Gasteiger partial charge in [0.15, 0.2) is 0 Å². The van der Waals surface area contributed by atoms with Crippen molar-refractivity contribution in [1.29, 1.82) is 0 Å². The van der Waals surface area contributed by atoms with Gasteiger partial charge >= 0.3 is 0 Å². The third kappa shape index (κ3) is 5.57. The first-order chi connectivity index (χ1) is 18.0. The summed E-state index contributed by atoms with van der Waals surface area (Å²) in [6.45, 7) is 4.12. The fraction of sp³-hybridized carbons (Fsp3) is 0.433. The van der Waals surface area contributed by atoms with Crippen LogP contribution in [0.15, 0.2) is 60.7 Å². The van der Waals surface area contributed by atoms with Crippen molar-refractivity contribution in [2.24, 2.45) is 5.92 Å². The number of rotatable bonds is 9. The Bertz CT molecular complexity index is 1280. The van der Waals surface area contributed by atoms with Crippen LogP contribution in [-0.2, 0) is 4.79 Å². The van der Waals surface area contributed by atoms with E-state index in [4.69, 9.17) is 16.3 Å². The minimum Gasteiger partial charge on any atom is -0.489 e. The minimum absolute atomic E-state index is 0.00708. The predicted octanol–water partition coefficient (Wildman–Crippen LogP) is 4.78. The molecular weight excluding hydrogens is 486 g/mol. The van der Waals surface area contributed by atoms with Gasteiger partial charge in [-0.05, 0) is 79.4 Å². The molecule has 7 heteroatoms. The number of ether oxygens (including phenoxy) is 1. The first-order valence-electron chi connectivity index (χ1n) is 13.4. The normalized spacial score (nSPS) is 21.5. The number of carbonyl (C=O) groups excluding carboxylic acids is 1. The second kappa shape index (κ2) is 10.5. The van der Waals surface area contributed by atoms with Gasteiger partial charge in [-0.3, -0.25) is 4.79 Å². The molecule has 2 saturated heterocycles. The zero-order valence-corrected chi connectivity index (χ0v) is 21.7. The maximum absolute atomic E-state index is 13.4. The Morgan fingerprint density at radius 1 is 1.03 bits per heavy atom. The van der Waals surface area contributed by atoms with E-state index in [2.05, 4.69) is 51.5 Å². The highest BCUT2D eigenvalue weighted by molar-refractivity contribution is 6.32. The van der Waals surface area contributed by atoms with E-state index in [9.17, 15) is 9.90 Å². The van der Waals surface area contributed by atoms with Crippen LogP contribution in [0.4, 0.5) is 5.69 Å². The fourth-order valence-electron chi connectivity index (χ4n) is 5.34. The zero-order valence-electron chi connectivity index (χ0n) is 21.0. The molecule has 0 aromatic heterocycles. The van der Waals surface area contributed by atoms with Gasteiger partial charge in [0, 0.05) is 25.3 Å². The van der Waals surface area contributed by atoms with Gasteiger partial charge in [-0.15, -0.1) is 0 Å². The molecule has 3 aliphatic rings. The third-order valence-corrected chi connectivity index (χ3v) is 8.18. The number of nitrogens with zero attached hydrogens (tertiary/aromatic N) is 2. The molecule has 6 nitrogen and oxygen atoms in total. The van der Waals surface area contributed by atoms with E-state index in [1.807, 2.05) is 18.2 Å². The molecule has 37 heavy (non-hydrogen) atoms. The number of hydrogen-bond donors (Lipinski definition) is 2. The average Bonchev–Trinajstić information content (AvgIpc) is 3.57. The van der Waals surface area contributed by atoms with E-state index >= 15 is 0 Å². The molecule has 1 amide bonds. The van der Waals surface area contributed by atoms with E-state index in [0.29, 0.717) is 29.4 Å². The highest BCUT2D eigenvalue weighted by Gasteiger charge is 2.33. The van der Waals surface area contributed by atoms with Crippen LogP contribution in [0, 0.1) is 5.92 Å². The van der Waals surface area contributed by atoms with Crippen molar-refractivity contribution in [2.75, 3.05) is 37.6 Å². The SMILES string of the molecule is O=C(N[C@H](CN1CCC1)[C@H](O)c1ccc(OC2CC2)c(Cl)c1)[C@@H]1CCN(c2ccc3ccccc3c2)C1. The minimum atomic E-state index is -0.852. The van der Waals surface area contributed by atoms with Crippen LogP contribution in [0.25, 0.3) is 10.8 Å². The maximum Gasteiger partial charge on any atom is 0.225 e. The molecule has 0 spiro atoms. The monoisotopic (exact) mass is 519 g/mol. The molecule has 3 atom stereocenters. The molecule has 2 N–H and O–H groups in total. The van der Waals surface area contributed by atoms with Gasteiger partial charge in [0.1, 0.15) is 11.9 Å². The maximum atomic E-state index is 13.4. The lowest BCUT2D eigenvalue weighted by Crippen LogP contribution is -2.52. The molecular formula is C30H34ClN3O3. The third-order valence-electron chi connectivity index (χ3n) is 7.89. The standard InChI is InChI=1S/C30H34ClN3O3/c31-26-17-22(7-11-28(26)37-25-9-10-25)29(35)27(19-33-13-3-14-33)32-30(36)23-12-15-34(18-23)24-8-6-20-4-1-2-5-21(20)16-24/h1-2,4-8,11,16-17,23,25,27,29,35H,3,9-10,12-15,18-19H2,(H,32,36)/t23-,27-,29-/m1/s1. The highest BCUT2D eigenvalue weighted by Crippen LogP contribution is 2.34. The van der Waals surface area contributed by atoms with Gasteiger partial charge in [-0.25, -0.2) is 0 Å². The number of nitrogens with one attached hydrogen (secondary N) is 1. The molecule has 0 bridgehead atoms. The zero-order chi connectivity index (χ0) is 25.4. The van der Waals surface area contributed by atoms with Crippen molar-refractivity contribution >= 4 is 34.0 Å². The molecule has 194 valence electrons. The van der Waals surface area contributed by atoms with Crippen LogP contribution < -0.4 is 15.0 Å². The number of halogens is 1. The number of hydrogen-bond acceptors (Lipinski definition) is 5. The van der Waals surface area contributed by atoms with Crippen LogP contribution in [0.5, 0.6) is 5.75 Å². The summed E-state index contributed by atoms with van der Waals surface area (Å²) in [7, 11) is 0. The van der Waals surface area contributed by atoms with Gasteiger partial charge in [-0.2, -0.15) is 0 Å². The van der Waals surface area contributed by atoms with Gasteiger partial charge in [0.2, 0.25) is 5.91 Å². The van der Waals surface area contributed by atoms with Crippen LogP contribution in [0.3, 0.4) is 0 Å². The Balaban J connectivity index is 1.13. The number of carbonyl (C=O) groups is 1. The van der Waals surface area contributed by atoms with Gasteiger partial charge in [0.25, 0.3) is 0 Å². The number of benzene rings is 3. The van der Waals surface area contributed by atoms with E-state index in [1.165, 1.54) is 10.8 Å². The van der Waals surface area contributed by atoms with Crippen LogP contribution >= 0.6 is 11.6 Å². The first-order valence-corrected chi connectivity index (χ1v) is 13.8. The quantitative estimate of drug-likeness (QED) is 0.426. The number of aliphatic hydroxyl groups is 1. The Kier molecular flexibility index (Phi) is 6.98. The lowest BCUT2D eigenvalue weighted by Gasteiger charge is -2.36. The average molecular weight is 520 g/mol. The molecule has 3 aromatic carbocycles. The molecule has 2 heterocycles. The van der Waals surface area contributed by atoms with Crippen molar-refractivity contribution in [3.63, 3.8) is 0 Å². The second-order valence-corrected chi connectivity index (χ2v) is 11.1. The Hall–Kier alpha value is -2.80. The molecule has 3 aromatic rings. The summed E-state index contributed by atoms with van der Waals surface area (Å²) in [5.41, 5.74) is 1.84. The molecule has 0 radical (unpaired) electrons. The molecule has 2 aliphatic heterocycles. The van der Waals surface area contributed by atoms with Crippen molar-refractivity contribution in [3.8, 4) is 5.75 Å². The van der Waals surface area contributed by atoms with Crippen molar-refractivity contribution < 1.29 is 14.6 Å². The predicted molar refractivity (Wildman–Crippen MR) is 147 cm³/mol. The van der Waals surface area contributed by atoms with Crippen LogP contribution in [0.1, 0.15) is 37.4 Å². The smallest absolute Gasteiger partial charge is 0.225 e. The first kappa shape index (κ1) is 24.5. The van der Waals surface area contributed by atoms with Gasteiger partial charge in [0.05, 0.1) is 23.1 Å². The lowest BCUT2D eigenvalue weighted by molar-refractivity contribution is -0.126. The van der Waals surface area contributed by atoms with E-state index < -0.39 is 12.1 Å². The number of aliphatic hydroxyl groups excluding tert-OH is 1. The van der Waals surface area contributed by atoms with E-state index in [-0.39, 0.29) is 17.9 Å². The summed E-state index contributed by atoms with van der Waals surface area (Å²) in [6.07, 6.45) is 3.47. The Morgan fingerprint density at radius 2 is 1.84 bits per heavy atom. The number of amides is 1. The van der Waals surface area contributed by atoms with Gasteiger partial charge in [-0.1, -0.05) is 48.0 Å². The summed E-state index contributed by atoms with van der Waals surface area (Å²) in [4.78, 5) is 18.0. The fourth-order valence-corrected chi connectivity index (χ4v) is 5.58. The molecule has 3 fully saturated rings. The summed E-state index contributed by atoms with van der Waals surface area (Å²) >= 11 is 6.47. The summed E-state index contributed by atoms with van der Waals surface area (Å²) < 4.78 is 5.85. The topological polar surface area (TPSA) is 65.0 Å². The summed E-state index contributed by atoms with van der Waals surface area (Å²) in [5.74, 6) is 0.547. The molecule has 0 unspecified atom stereocenters. The van der Waals surface area contributed by atoms with Crippen molar-refractivity contribution in [1.82, 2.24) is 10.2 Å². The molecule has 6 rings (SSSR count). The summed E-state index contributed by atoms with van der Waals surface area (Å²) in [6, 6.07) is 19.9. The number of anilines is 1. The number of likely N-dealkylation sites (tertiary alicyclic amines) is 1. The van der Waals surface area contributed by atoms with Crippen LogP contribution in [-0.4, -0.2) is 60.8 Å². The van der Waals surface area contributed by atoms with Crippen LogP contribution in [0.2, 0.25) is 5.02 Å².